The number of hydrogen-bond acceptors (Lipinski definition) is 5. The van der Waals surface area contributed by atoms with E-state index in [-0.39, 0.29) is 28.6 Å². The van der Waals surface area contributed by atoms with Crippen molar-refractivity contribution < 1.29 is 24.9 Å². The van der Waals surface area contributed by atoms with Gasteiger partial charge < -0.3 is 20.1 Å². The highest BCUT2D eigenvalue weighted by Gasteiger charge is 2.18. The SMILES string of the molecule is Cc1cc(O)cc(OC(=O)c2c(C)cc(O)cc2O)c1. The Morgan fingerprint density at radius 1 is 0.950 bits per heavy atom. The number of carbonyl (C=O) groups excluding carboxylic acids is 1. The third kappa shape index (κ3) is 2.83. The highest BCUT2D eigenvalue weighted by Crippen LogP contribution is 2.29. The maximum absolute atomic E-state index is 12.0. The minimum Gasteiger partial charge on any atom is -0.508 e. The van der Waals surface area contributed by atoms with Gasteiger partial charge in [0.1, 0.15) is 28.6 Å². The number of hydrogen-bond donors (Lipinski definition) is 3. The van der Waals surface area contributed by atoms with Crippen LogP contribution in [0.5, 0.6) is 23.0 Å². The summed E-state index contributed by atoms with van der Waals surface area (Å²) in [5, 5.41) is 28.5. The Hall–Kier alpha value is -2.69. The Morgan fingerprint density at radius 2 is 1.60 bits per heavy atom. The number of carbonyl (C=O) groups is 1. The molecule has 3 N–H and O–H groups in total. The van der Waals surface area contributed by atoms with Crippen LogP contribution in [0, 0.1) is 13.8 Å². The molecule has 0 heterocycles. The highest BCUT2D eigenvalue weighted by molar-refractivity contribution is 5.95. The number of aromatic hydroxyl groups is 3. The van der Waals surface area contributed by atoms with Gasteiger partial charge in [-0.05, 0) is 43.2 Å². The second kappa shape index (κ2) is 5.13. The molecule has 2 rings (SSSR count). The van der Waals surface area contributed by atoms with E-state index in [1.165, 1.54) is 18.2 Å². The van der Waals surface area contributed by atoms with Crippen LogP contribution in [0.4, 0.5) is 0 Å². The fraction of sp³-hybridized carbons (Fsp3) is 0.133. The third-order valence-electron chi connectivity index (χ3n) is 2.75. The van der Waals surface area contributed by atoms with Crippen molar-refractivity contribution in [2.45, 2.75) is 13.8 Å². The van der Waals surface area contributed by atoms with Gasteiger partial charge in [-0.3, -0.25) is 0 Å². The van der Waals surface area contributed by atoms with Crippen LogP contribution < -0.4 is 4.74 Å². The second-order valence-electron chi connectivity index (χ2n) is 4.55. The largest absolute Gasteiger partial charge is 0.508 e. The summed E-state index contributed by atoms with van der Waals surface area (Å²) in [5.41, 5.74) is 1.10. The van der Waals surface area contributed by atoms with Crippen molar-refractivity contribution in [3.63, 3.8) is 0 Å². The van der Waals surface area contributed by atoms with E-state index in [1.54, 1.807) is 19.9 Å². The molecule has 0 fully saturated rings. The van der Waals surface area contributed by atoms with Gasteiger partial charge >= 0.3 is 5.97 Å². The Bertz CT molecular complexity index is 633. The molecule has 5 heteroatoms. The maximum atomic E-state index is 12.0. The van der Waals surface area contributed by atoms with Gasteiger partial charge in [-0.1, -0.05) is 0 Å². The van der Waals surface area contributed by atoms with Crippen molar-refractivity contribution in [2.75, 3.05) is 0 Å². The number of phenols is 3. The lowest BCUT2D eigenvalue weighted by molar-refractivity contribution is 0.0730. The van der Waals surface area contributed by atoms with Crippen molar-refractivity contribution in [2.24, 2.45) is 0 Å². The van der Waals surface area contributed by atoms with Crippen LogP contribution >= 0.6 is 0 Å². The molecule has 0 radical (unpaired) electrons. The van der Waals surface area contributed by atoms with Crippen molar-refractivity contribution in [1.82, 2.24) is 0 Å². The Kier molecular flexibility index (Phi) is 3.52. The second-order valence-corrected chi connectivity index (χ2v) is 4.55. The van der Waals surface area contributed by atoms with Crippen LogP contribution in [0.25, 0.3) is 0 Å². The Balaban J connectivity index is 2.33. The normalized spacial score (nSPS) is 10.3. The quantitative estimate of drug-likeness (QED) is 0.579. The van der Waals surface area contributed by atoms with Crippen molar-refractivity contribution >= 4 is 5.97 Å². The van der Waals surface area contributed by atoms with Gasteiger partial charge in [0.2, 0.25) is 0 Å². The van der Waals surface area contributed by atoms with Gasteiger partial charge in [-0.2, -0.15) is 0 Å². The fourth-order valence-electron chi connectivity index (χ4n) is 1.96. The zero-order valence-corrected chi connectivity index (χ0v) is 11.0. The minimum atomic E-state index is -0.759. The van der Waals surface area contributed by atoms with E-state index in [0.29, 0.717) is 5.56 Å². The number of phenolic OH excluding ortho intramolecular Hbond substituents is 3. The molecule has 0 saturated carbocycles. The standard InChI is InChI=1S/C15H14O5/c1-8-3-10(16)6-12(4-8)20-15(19)14-9(2)5-11(17)7-13(14)18/h3-7,16-18H,1-2H3. The molecule has 20 heavy (non-hydrogen) atoms. The Morgan fingerprint density at radius 3 is 2.20 bits per heavy atom. The van der Waals surface area contributed by atoms with Crippen LogP contribution in [-0.2, 0) is 0 Å². The van der Waals surface area contributed by atoms with Crippen LogP contribution in [0.15, 0.2) is 30.3 Å². The zero-order valence-electron chi connectivity index (χ0n) is 11.0. The van der Waals surface area contributed by atoms with Gasteiger partial charge in [0.15, 0.2) is 0 Å². The van der Waals surface area contributed by atoms with Gasteiger partial charge in [0.25, 0.3) is 0 Å². The molecule has 0 atom stereocenters. The fourth-order valence-corrected chi connectivity index (χ4v) is 1.96. The lowest BCUT2D eigenvalue weighted by atomic mass is 10.1. The molecule has 0 saturated heterocycles. The van der Waals surface area contributed by atoms with E-state index in [4.69, 9.17) is 4.74 Å². The lowest BCUT2D eigenvalue weighted by Crippen LogP contribution is -2.10. The molecule has 5 nitrogen and oxygen atoms in total. The Labute approximate surface area is 115 Å². The molecule has 104 valence electrons. The van der Waals surface area contributed by atoms with Gasteiger partial charge in [0.05, 0.1) is 0 Å². The zero-order chi connectivity index (χ0) is 14.9. The molecule has 0 aliphatic rings. The predicted octanol–water partition coefficient (Wildman–Crippen LogP) is 2.64. The van der Waals surface area contributed by atoms with Crippen LogP contribution in [-0.4, -0.2) is 21.3 Å². The van der Waals surface area contributed by atoms with Gasteiger partial charge in [-0.15, -0.1) is 0 Å². The number of aryl methyl sites for hydroxylation is 2. The van der Waals surface area contributed by atoms with Crippen molar-refractivity contribution in [3.05, 3.63) is 47.0 Å². The summed E-state index contributed by atoms with van der Waals surface area (Å²) in [6.45, 7) is 3.32. The maximum Gasteiger partial charge on any atom is 0.347 e. The van der Waals surface area contributed by atoms with Gasteiger partial charge in [0, 0.05) is 12.1 Å². The summed E-state index contributed by atoms with van der Waals surface area (Å²) in [4.78, 5) is 12.0. The van der Waals surface area contributed by atoms with Crippen LogP contribution in [0.1, 0.15) is 21.5 Å². The molecule has 0 aromatic heterocycles. The molecule has 0 amide bonds. The first-order chi connectivity index (χ1) is 9.36. The molecule has 0 aliphatic heterocycles. The average molecular weight is 274 g/mol. The summed E-state index contributed by atoms with van der Waals surface area (Å²) < 4.78 is 5.12. The summed E-state index contributed by atoms with van der Waals surface area (Å²) in [7, 11) is 0. The third-order valence-corrected chi connectivity index (χ3v) is 2.75. The molecular weight excluding hydrogens is 260 g/mol. The topological polar surface area (TPSA) is 87.0 Å². The first-order valence-electron chi connectivity index (χ1n) is 5.92. The van der Waals surface area contributed by atoms with E-state index < -0.39 is 5.97 Å². The van der Waals surface area contributed by atoms with Crippen molar-refractivity contribution in [1.29, 1.82) is 0 Å². The van der Waals surface area contributed by atoms with Crippen LogP contribution in [0.3, 0.4) is 0 Å². The molecule has 0 spiro atoms. The number of rotatable bonds is 2. The minimum absolute atomic E-state index is 0.0144. The van der Waals surface area contributed by atoms with E-state index in [1.807, 2.05) is 0 Å². The lowest BCUT2D eigenvalue weighted by Gasteiger charge is -2.10. The first kappa shape index (κ1) is 13.7. The molecule has 0 bridgehead atoms. The monoisotopic (exact) mass is 274 g/mol. The van der Waals surface area contributed by atoms with E-state index >= 15 is 0 Å². The first-order valence-corrected chi connectivity index (χ1v) is 5.92. The molecule has 2 aromatic rings. The number of esters is 1. The molecular formula is C15H14O5. The molecule has 0 aliphatic carbocycles. The van der Waals surface area contributed by atoms with Crippen molar-refractivity contribution in [3.8, 4) is 23.0 Å². The molecule has 2 aromatic carbocycles. The highest BCUT2D eigenvalue weighted by atomic mass is 16.5. The number of ether oxygens (including phenoxy) is 1. The van der Waals surface area contributed by atoms with E-state index in [2.05, 4.69) is 0 Å². The number of benzene rings is 2. The summed E-state index contributed by atoms with van der Waals surface area (Å²) >= 11 is 0. The summed E-state index contributed by atoms with van der Waals surface area (Å²) in [6.07, 6.45) is 0. The van der Waals surface area contributed by atoms with E-state index in [0.717, 1.165) is 11.6 Å². The van der Waals surface area contributed by atoms with Gasteiger partial charge in [-0.25, -0.2) is 4.79 Å². The van der Waals surface area contributed by atoms with Crippen LogP contribution in [0.2, 0.25) is 0 Å². The average Bonchev–Trinajstić information content (AvgIpc) is 2.25. The molecule has 0 unspecified atom stereocenters. The smallest absolute Gasteiger partial charge is 0.347 e. The summed E-state index contributed by atoms with van der Waals surface area (Å²) in [5.74, 6) is -1.09. The van der Waals surface area contributed by atoms with E-state index in [9.17, 15) is 20.1 Å². The summed E-state index contributed by atoms with van der Waals surface area (Å²) in [6, 6.07) is 6.84. The predicted molar refractivity (Wildman–Crippen MR) is 72.3 cm³/mol.